The SMILES string of the molecule is OBO.[Ca+2].[O-]P([O-])(O)=S. The zero-order valence-electron chi connectivity index (χ0n) is 4.43. The van der Waals surface area contributed by atoms with Crippen LogP contribution in [0, 0.1) is 0 Å². The summed E-state index contributed by atoms with van der Waals surface area (Å²) in [6.07, 6.45) is 0. The van der Waals surface area contributed by atoms with Crippen LogP contribution >= 0.6 is 6.72 Å². The molecule has 3 N–H and O–H groups in total. The van der Waals surface area contributed by atoms with Crippen molar-refractivity contribution in [2.24, 2.45) is 0 Å². The van der Waals surface area contributed by atoms with Crippen molar-refractivity contribution in [3.8, 4) is 0 Å². The van der Waals surface area contributed by atoms with Crippen LogP contribution in [0.5, 0.6) is 0 Å². The third kappa shape index (κ3) is 188. The van der Waals surface area contributed by atoms with Crippen LogP contribution in [0.3, 0.4) is 0 Å². The fourth-order valence-electron chi connectivity index (χ4n) is 0. The first-order valence-electron chi connectivity index (χ1n) is 1.38. The maximum absolute atomic E-state index is 9.03. The van der Waals surface area contributed by atoms with Crippen LogP contribution in [-0.4, -0.2) is 60.4 Å². The largest absolute Gasteiger partial charge is 2.00 e. The van der Waals surface area contributed by atoms with Crippen LogP contribution in [0.2, 0.25) is 0 Å². The van der Waals surface area contributed by atoms with Crippen molar-refractivity contribution in [1.29, 1.82) is 0 Å². The molecule has 9 heavy (non-hydrogen) atoms. The molecule has 0 rings (SSSR count). The Balaban J connectivity index is -0.0000000800. The van der Waals surface area contributed by atoms with E-state index in [-0.39, 0.29) is 37.7 Å². The summed E-state index contributed by atoms with van der Waals surface area (Å²) in [7, 11) is -0.750. The third-order valence-electron chi connectivity index (χ3n) is 0. The number of hydrogen-bond acceptors (Lipinski definition) is 5. The van der Waals surface area contributed by atoms with Gasteiger partial charge in [0.25, 0.3) is 0 Å². The van der Waals surface area contributed by atoms with Gasteiger partial charge in [0.2, 0.25) is 0 Å². The number of hydrogen-bond donors (Lipinski definition) is 3. The van der Waals surface area contributed by atoms with Gasteiger partial charge in [0, 0.05) is 0 Å². The van der Waals surface area contributed by atoms with Crippen molar-refractivity contribution in [3.63, 3.8) is 0 Å². The summed E-state index contributed by atoms with van der Waals surface area (Å²) in [5.74, 6) is 0. The van der Waals surface area contributed by atoms with E-state index in [4.69, 9.17) is 24.7 Å². The average Bonchev–Trinajstić information content (AvgIpc) is 1.27. The van der Waals surface area contributed by atoms with E-state index in [9.17, 15) is 0 Å². The zero-order chi connectivity index (χ0) is 7.21. The van der Waals surface area contributed by atoms with Crippen LogP contribution in [-0.2, 0) is 11.8 Å². The van der Waals surface area contributed by atoms with Gasteiger partial charge < -0.3 is 24.7 Å². The Morgan fingerprint density at radius 3 is 1.33 bits per heavy atom. The van der Waals surface area contributed by atoms with Gasteiger partial charge in [-0.05, 0) is 0 Å². The standard InChI is InChI=1S/BH3O2.Ca.H3O3PS/c2-1-3;;1-4(2,3)5/h1-3H;;(H3,1,2,3,5)/q;+2;/p-2. The maximum Gasteiger partial charge on any atom is 2.00 e. The zero-order valence-corrected chi connectivity index (χ0v) is 8.35. The van der Waals surface area contributed by atoms with Crippen molar-refractivity contribution in [2.45, 2.75) is 0 Å². The molecule has 0 saturated heterocycles. The molecule has 0 aromatic heterocycles. The minimum atomic E-state index is -4.31. The number of rotatable bonds is 0. The predicted molar refractivity (Wildman–Crippen MR) is 33.8 cm³/mol. The van der Waals surface area contributed by atoms with Crippen LogP contribution in [0.4, 0.5) is 0 Å². The predicted octanol–water partition coefficient (Wildman–Crippen LogP) is -4.22. The Hall–Kier alpha value is 1.77. The molecule has 0 heterocycles. The molecule has 0 unspecified atom stereocenters. The first-order valence-corrected chi connectivity index (χ1v) is 3.97. The molecule has 0 aliphatic carbocycles. The molecule has 0 aromatic rings. The quantitative estimate of drug-likeness (QED) is 0.269. The second-order valence-corrected chi connectivity index (χ2v) is 2.93. The first kappa shape index (κ1) is 17.0. The molecule has 0 atom stereocenters. The summed E-state index contributed by atoms with van der Waals surface area (Å²) >= 11 is 3.38. The summed E-state index contributed by atoms with van der Waals surface area (Å²) in [6.45, 7) is -4.31. The van der Waals surface area contributed by atoms with Gasteiger partial charge in [0.05, 0.1) is 0 Å². The second-order valence-electron chi connectivity index (χ2n) is 0.610. The molecular weight excluding hydrogens is 194 g/mol. The molecule has 0 saturated carbocycles. The molecule has 0 aromatic carbocycles. The molecular formula is H4BCaO5PS. The summed E-state index contributed by atoms with van der Waals surface area (Å²) in [5.41, 5.74) is 0. The van der Waals surface area contributed by atoms with Crippen LogP contribution < -0.4 is 9.79 Å². The summed E-state index contributed by atoms with van der Waals surface area (Å²) in [5, 5.41) is 14.2. The summed E-state index contributed by atoms with van der Waals surface area (Å²) in [6, 6.07) is 0. The average molecular weight is 198 g/mol. The van der Waals surface area contributed by atoms with Crippen molar-refractivity contribution in [2.75, 3.05) is 0 Å². The summed E-state index contributed by atoms with van der Waals surface area (Å²) < 4.78 is 0. The van der Waals surface area contributed by atoms with Gasteiger partial charge in [0.1, 0.15) is 0 Å². The van der Waals surface area contributed by atoms with E-state index in [2.05, 4.69) is 11.8 Å². The molecule has 0 radical (unpaired) electrons. The Labute approximate surface area is 87.9 Å². The topological polar surface area (TPSA) is 107 Å². The van der Waals surface area contributed by atoms with Gasteiger partial charge in [-0.3, -0.25) is 0 Å². The maximum atomic E-state index is 9.03. The minimum absolute atomic E-state index is 0. The Morgan fingerprint density at radius 1 is 1.33 bits per heavy atom. The molecule has 5 nitrogen and oxygen atoms in total. The fraction of sp³-hybridized carbons (Fsp3) is 0. The Kier molecular flexibility index (Phi) is 18.5. The van der Waals surface area contributed by atoms with Crippen molar-refractivity contribution in [1.82, 2.24) is 0 Å². The molecule has 50 valence electrons. The molecule has 9 heteroatoms. The van der Waals surface area contributed by atoms with Crippen molar-refractivity contribution >= 4 is 63.9 Å². The van der Waals surface area contributed by atoms with E-state index >= 15 is 0 Å². The minimum Gasteiger partial charge on any atom is -0.812 e. The molecule has 0 aliphatic heterocycles. The van der Waals surface area contributed by atoms with E-state index in [1.54, 1.807) is 0 Å². The molecule has 0 amide bonds. The molecule has 0 fully saturated rings. The van der Waals surface area contributed by atoms with E-state index in [1.165, 1.54) is 0 Å². The molecule has 0 bridgehead atoms. The third-order valence-corrected chi connectivity index (χ3v) is 0. The van der Waals surface area contributed by atoms with Gasteiger partial charge in [-0.25, -0.2) is 0 Å². The molecule has 0 spiro atoms. The van der Waals surface area contributed by atoms with Crippen LogP contribution in [0.25, 0.3) is 0 Å². The second kappa shape index (κ2) is 9.77. The van der Waals surface area contributed by atoms with Gasteiger partial charge in [-0.15, -0.1) is 11.8 Å². The fourth-order valence-corrected chi connectivity index (χ4v) is 0. The smallest absolute Gasteiger partial charge is 0.812 e. The van der Waals surface area contributed by atoms with E-state index in [1.807, 2.05) is 0 Å². The van der Waals surface area contributed by atoms with Crippen LogP contribution in [0.15, 0.2) is 0 Å². The van der Waals surface area contributed by atoms with Gasteiger partial charge >= 0.3 is 45.4 Å². The van der Waals surface area contributed by atoms with Crippen molar-refractivity contribution < 1.29 is 24.7 Å². The van der Waals surface area contributed by atoms with Crippen LogP contribution in [0.1, 0.15) is 0 Å². The van der Waals surface area contributed by atoms with Crippen molar-refractivity contribution in [3.05, 3.63) is 0 Å². The molecule has 0 aliphatic rings. The van der Waals surface area contributed by atoms with Gasteiger partial charge in [-0.2, -0.15) is 0 Å². The monoisotopic (exact) mass is 198 g/mol. The summed E-state index contributed by atoms with van der Waals surface area (Å²) in [4.78, 5) is 25.4. The van der Waals surface area contributed by atoms with E-state index in [0.29, 0.717) is 0 Å². The Bertz CT molecular complexity index is 72.8. The first-order chi connectivity index (χ1) is 3.41. The Morgan fingerprint density at radius 2 is 1.33 bits per heavy atom. The van der Waals surface area contributed by atoms with E-state index < -0.39 is 14.4 Å². The van der Waals surface area contributed by atoms with Gasteiger partial charge in [0.15, 0.2) is 0 Å². The normalized spacial score (nSPS) is 8.11. The van der Waals surface area contributed by atoms with Gasteiger partial charge in [-0.1, -0.05) is 6.72 Å². The van der Waals surface area contributed by atoms with E-state index in [0.717, 1.165) is 0 Å².